The van der Waals surface area contributed by atoms with E-state index in [1.54, 1.807) is 36.4 Å². The van der Waals surface area contributed by atoms with Gasteiger partial charge in [-0.1, -0.05) is 5.16 Å². The molecule has 0 bridgehead atoms. The highest BCUT2D eigenvalue weighted by atomic mass is 16.5. The third-order valence-electron chi connectivity index (χ3n) is 2.87. The molecule has 0 spiro atoms. The van der Waals surface area contributed by atoms with Crippen LogP contribution >= 0.6 is 0 Å². The van der Waals surface area contributed by atoms with Crippen LogP contribution in [0.4, 0.5) is 0 Å². The first-order chi connectivity index (χ1) is 9.94. The van der Waals surface area contributed by atoms with Gasteiger partial charge in [-0.25, -0.2) is 4.79 Å². The lowest BCUT2D eigenvalue weighted by Gasteiger charge is -2.21. The zero-order valence-electron chi connectivity index (χ0n) is 11.6. The average Bonchev–Trinajstić information content (AvgIpc) is 2.95. The predicted octanol–water partition coefficient (Wildman–Crippen LogP) is 2.75. The molecule has 0 aliphatic rings. The summed E-state index contributed by atoms with van der Waals surface area (Å²) in [5, 5.41) is 21.3. The summed E-state index contributed by atoms with van der Waals surface area (Å²) in [6.07, 6.45) is 1.48. The van der Waals surface area contributed by atoms with E-state index in [2.05, 4.69) is 5.16 Å². The molecule has 0 saturated heterocycles. The third kappa shape index (κ3) is 3.22. The smallest absolute Gasteiger partial charge is 0.347 e. The number of benzene rings is 1. The summed E-state index contributed by atoms with van der Waals surface area (Å²) in [6.45, 7) is 2.93. The molecule has 0 aliphatic heterocycles. The molecule has 2 aromatic rings. The Morgan fingerprint density at radius 3 is 2.38 bits per heavy atom. The van der Waals surface area contributed by atoms with Gasteiger partial charge in [-0.2, -0.15) is 0 Å². The summed E-state index contributed by atoms with van der Waals surface area (Å²) < 4.78 is 10.6. The molecular formula is C15H15NO5. The van der Waals surface area contributed by atoms with Crippen molar-refractivity contribution in [3.05, 3.63) is 54.0 Å². The van der Waals surface area contributed by atoms with Crippen LogP contribution in [0.25, 0.3) is 0 Å². The first-order valence-electron chi connectivity index (χ1n) is 6.23. The van der Waals surface area contributed by atoms with Crippen LogP contribution in [-0.2, 0) is 4.79 Å². The third-order valence-corrected chi connectivity index (χ3v) is 2.87. The van der Waals surface area contributed by atoms with Gasteiger partial charge in [0.2, 0.25) is 0 Å². The molecule has 110 valence electrons. The maximum absolute atomic E-state index is 11.0. The lowest BCUT2D eigenvalue weighted by molar-refractivity contribution is -0.152. The van der Waals surface area contributed by atoms with E-state index in [1.165, 1.54) is 20.1 Å². The summed E-state index contributed by atoms with van der Waals surface area (Å²) in [5.74, 6) is -0.223. The van der Waals surface area contributed by atoms with Crippen molar-refractivity contribution in [1.29, 1.82) is 0 Å². The van der Waals surface area contributed by atoms with Crippen LogP contribution in [0.5, 0.6) is 5.75 Å². The lowest BCUT2D eigenvalue weighted by Crippen LogP contribution is -2.37. The number of hydrogen-bond acceptors (Lipinski definition) is 5. The summed E-state index contributed by atoms with van der Waals surface area (Å²) in [5.41, 5.74) is -0.423. The number of carboxylic acids is 1. The Kier molecular flexibility index (Phi) is 3.98. The van der Waals surface area contributed by atoms with Crippen LogP contribution in [0.3, 0.4) is 0 Å². The number of aliphatic carboxylic acids is 1. The van der Waals surface area contributed by atoms with Crippen molar-refractivity contribution in [1.82, 2.24) is 0 Å². The minimum atomic E-state index is -1.32. The zero-order chi connectivity index (χ0) is 15.5. The molecule has 1 heterocycles. The van der Waals surface area contributed by atoms with Crippen molar-refractivity contribution in [2.45, 2.75) is 19.4 Å². The Hall–Kier alpha value is -2.76. The van der Waals surface area contributed by atoms with E-state index in [9.17, 15) is 4.79 Å². The first kappa shape index (κ1) is 14.6. The van der Waals surface area contributed by atoms with Crippen molar-refractivity contribution in [2.75, 3.05) is 0 Å². The average molecular weight is 289 g/mol. The van der Waals surface area contributed by atoms with Crippen molar-refractivity contribution < 1.29 is 24.3 Å². The van der Waals surface area contributed by atoms with Gasteiger partial charge in [0.1, 0.15) is 5.75 Å². The number of oxime groups is 1. The molecule has 0 fully saturated rings. The summed E-state index contributed by atoms with van der Waals surface area (Å²) in [7, 11) is 0. The van der Waals surface area contributed by atoms with E-state index in [0.29, 0.717) is 17.1 Å². The number of furan rings is 1. The second-order valence-corrected chi connectivity index (χ2v) is 4.87. The summed E-state index contributed by atoms with van der Waals surface area (Å²) in [6, 6.07) is 9.89. The van der Waals surface area contributed by atoms with Crippen LogP contribution < -0.4 is 4.74 Å². The maximum atomic E-state index is 11.0. The molecular weight excluding hydrogens is 274 g/mol. The Morgan fingerprint density at radius 2 is 1.90 bits per heavy atom. The van der Waals surface area contributed by atoms with Crippen LogP contribution in [0, 0.1) is 0 Å². The van der Waals surface area contributed by atoms with Crippen LogP contribution in [0.2, 0.25) is 0 Å². The van der Waals surface area contributed by atoms with E-state index in [4.69, 9.17) is 19.5 Å². The molecule has 6 nitrogen and oxygen atoms in total. The zero-order valence-corrected chi connectivity index (χ0v) is 11.6. The van der Waals surface area contributed by atoms with Crippen LogP contribution in [0.15, 0.2) is 52.2 Å². The fourth-order valence-corrected chi connectivity index (χ4v) is 1.68. The fourth-order valence-electron chi connectivity index (χ4n) is 1.68. The molecule has 2 rings (SSSR count). The van der Waals surface area contributed by atoms with Gasteiger partial charge in [0.25, 0.3) is 0 Å². The van der Waals surface area contributed by atoms with Gasteiger partial charge in [-0.15, -0.1) is 0 Å². The highest BCUT2D eigenvalue weighted by Gasteiger charge is 2.29. The largest absolute Gasteiger partial charge is 0.478 e. The van der Waals surface area contributed by atoms with Crippen LogP contribution in [-0.4, -0.2) is 27.6 Å². The van der Waals surface area contributed by atoms with E-state index < -0.39 is 11.6 Å². The fraction of sp³-hybridized carbons (Fsp3) is 0.200. The Bertz CT molecular complexity index is 641. The van der Waals surface area contributed by atoms with E-state index in [0.717, 1.165) is 0 Å². The van der Waals surface area contributed by atoms with Crippen molar-refractivity contribution in [3.8, 4) is 5.75 Å². The van der Waals surface area contributed by atoms with Crippen molar-refractivity contribution >= 4 is 11.7 Å². The van der Waals surface area contributed by atoms with Gasteiger partial charge < -0.3 is 19.5 Å². The number of hydrogen-bond donors (Lipinski definition) is 2. The van der Waals surface area contributed by atoms with E-state index >= 15 is 0 Å². The number of rotatable bonds is 5. The van der Waals surface area contributed by atoms with Gasteiger partial charge in [0.15, 0.2) is 17.1 Å². The standard InChI is InChI=1S/C15H15NO5/c1-15(2,14(17)18)21-11-7-5-10(6-8-11)13(16-19)12-4-3-9-20-12/h3-9,19H,1-2H3,(H,17,18). The van der Waals surface area contributed by atoms with Gasteiger partial charge in [0, 0.05) is 5.56 Å². The molecule has 0 aliphatic carbocycles. The normalized spacial score (nSPS) is 12.2. The highest BCUT2D eigenvalue weighted by Crippen LogP contribution is 2.21. The number of carboxylic acid groups (broad SMARTS) is 1. The summed E-state index contributed by atoms with van der Waals surface area (Å²) in [4.78, 5) is 11.0. The minimum Gasteiger partial charge on any atom is -0.478 e. The molecule has 0 radical (unpaired) electrons. The van der Waals surface area contributed by atoms with E-state index in [1.807, 2.05) is 0 Å². The Morgan fingerprint density at radius 1 is 1.24 bits per heavy atom. The molecule has 0 saturated carbocycles. The number of ether oxygens (including phenoxy) is 1. The van der Waals surface area contributed by atoms with Crippen molar-refractivity contribution in [3.63, 3.8) is 0 Å². The Labute approximate surface area is 121 Å². The molecule has 6 heteroatoms. The highest BCUT2D eigenvalue weighted by molar-refractivity contribution is 6.10. The SMILES string of the molecule is CC(C)(Oc1ccc(C(=NO)c2ccco2)cc1)C(=O)O. The van der Waals surface area contributed by atoms with Gasteiger partial charge in [-0.05, 0) is 50.2 Å². The second kappa shape index (κ2) is 5.70. The molecule has 2 N–H and O–H groups in total. The maximum Gasteiger partial charge on any atom is 0.347 e. The topological polar surface area (TPSA) is 92.3 Å². The van der Waals surface area contributed by atoms with Gasteiger partial charge in [-0.3, -0.25) is 0 Å². The molecule has 0 amide bonds. The van der Waals surface area contributed by atoms with Crippen molar-refractivity contribution in [2.24, 2.45) is 5.16 Å². The molecule has 21 heavy (non-hydrogen) atoms. The summed E-state index contributed by atoms with van der Waals surface area (Å²) >= 11 is 0. The molecule has 1 aromatic heterocycles. The number of carbonyl (C=O) groups is 1. The van der Waals surface area contributed by atoms with E-state index in [-0.39, 0.29) is 5.71 Å². The lowest BCUT2D eigenvalue weighted by atomic mass is 10.1. The van der Waals surface area contributed by atoms with Gasteiger partial charge >= 0.3 is 5.97 Å². The minimum absolute atomic E-state index is 0.282. The molecule has 0 unspecified atom stereocenters. The Balaban J connectivity index is 2.21. The monoisotopic (exact) mass is 289 g/mol. The second-order valence-electron chi connectivity index (χ2n) is 4.87. The quantitative estimate of drug-likeness (QED) is 0.501. The van der Waals surface area contributed by atoms with Gasteiger partial charge in [0.05, 0.1) is 6.26 Å². The number of nitrogens with zero attached hydrogens (tertiary/aromatic N) is 1. The molecule has 0 atom stereocenters. The molecule has 1 aromatic carbocycles. The first-order valence-corrected chi connectivity index (χ1v) is 6.23. The predicted molar refractivity (Wildman–Crippen MR) is 74.9 cm³/mol. The van der Waals surface area contributed by atoms with Crippen LogP contribution in [0.1, 0.15) is 25.2 Å².